The molecular weight excluding hydrogens is 308 g/mol. The first-order valence-corrected chi connectivity index (χ1v) is 7.70. The van der Waals surface area contributed by atoms with E-state index in [0.717, 1.165) is 11.3 Å². The molecule has 0 heterocycles. The molecule has 126 valence electrons. The van der Waals surface area contributed by atoms with Crippen LogP contribution in [0.3, 0.4) is 0 Å². The van der Waals surface area contributed by atoms with Crippen LogP contribution in [0.25, 0.3) is 0 Å². The highest BCUT2D eigenvalue weighted by molar-refractivity contribution is 5.92. The van der Waals surface area contributed by atoms with Gasteiger partial charge in [-0.05, 0) is 44.0 Å². The minimum Gasteiger partial charge on any atom is -0.494 e. The molecular formula is C18H20N2O4. The van der Waals surface area contributed by atoms with E-state index >= 15 is 0 Å². The van der Waals surface area contributed by atoms with Crippen LogP contribution in [-0.4, -0.2) is 17.4 Å². The third kappa shape index (κ3) is 4.81. The zero-order chi connectivity index (χ0) is 17.5. The number of aryl methyl sites for hydroxylation is 1. The molecule has 24 heavy (non-hydrogen) atoms. The first-order chi connectivity index (χ1) is 11.5. The standard InChI is InChI=1S/C18H20N2O4/c1-13-6-3-7-15(12-13)24-11-5-10-18(21)19-16-8-4-9-17(14(16)2)20(22)23/h3-4,6-9,12H,5,10-11H2,1-2H3,(H,19,21). The van der Waals surface area contributed by atoms with Gasteiger partial charge in [-0.3, -0.25) is 14.9 Å². The minimum absolute atomic E-state index is 0.00409. The Morgan fingerprint density at radius 1 is 1.21 bits per heavy atom. The molecule has 2 aromatic carbocycles. The van der Waals surface area contributed by atoms with Crippen molar-refractivity contribution in [3.05, 3.63) is 63.7 Å². The zero-order valence-electron chi connectivity index (χ0n) is 13.7. The summed E-state index contributed by atoms with van der Waals surface area (Å²) in [6, 6.07) is 12.3. The van der Waals surface area contributed by atoms with Crippen molar-refractivity contribution in [2.75, 3.05) is 11.9 Å². The minimum atomic E-state index is -0.458. The van der Waals surface area contributed by atoms with Crippen LogP contribution in [0.15, 0.2) is 42.5 Å². The number of carbonyl (C=O) groups excluding carboxylic acids is 1. The Morgan fingerprint density at radius 3 is 2.67 bits per heavy atom. The molecule has 0 aliphatic rings. The Morgan fingerprint density at radius 2 is 1.96 bits per heavy atom. The van der Waals surface area contributed by atoms with Gasteiger partial charge in [-0.25, -0.2) is 0 Å². The third-order valence-corrected chi connectivity index (χ3v) is 3.58. The Balaban J connectivity index is 1.81. The third-order valence-electron chi connectivity index (χ3n) is 3.58. The van der Waals surface area contributed by atoms with E-state index < -0.39 is 4.92 Å². The predicted octanol–water partition coefficient (Wildman–Crippen LogP) is 4.01. The Kier molecular flexibility index (Phi) is 5.89. The normalized spacial score (nSPS) is 10.2. The molecule has 6 nitrogen and oxygen atoms in total. The van der Waals surface area contributed by atoms with Crippen LogP contribution in [0, 0.1) is 24.0 Å². The molecule has 0 spiro atoms. The van der Waals surface area contributed by atoms with E-state index in [1.165, 1.54) is 6.07 Å². The number of ether oxygens (including phenoxy) is 1. The van der Waals surface area contributed by atoms with Crippen LogP contribution in [0.4, 0.5) is 11.4 Å². The van der Waals surface area contributed by atoms with E-state index in [1.807, 2.05) is 31.2 Å². The monoisotopic (exact) mass is 328 g/mol. The number of rotatable bonds is 7. The van der Waals surface area contributed by atoms with Crippen molar-refractivity contribution in [3.63, 3.8) is 0 Å². The summed E-state index contributed by atoms with van der Waals surface area (Å²) in [5, 5.41) is 13.6. The van der Waals surface area contributed by atoms with E-state index in [2.05, 4.69) is 5.32 Å². The van der Waals surface area contributed by atoms with Crippen molar-refractivity contribution in [1.82, 2.24) is 0 Å². The SMILES string of the molecule is Cc1cccc(OCCCC(=O)Nc2cccc([N+](=O)[O-])c2C)c1. The largest absolute Gasteiger partial charge is 0.494 e. The van der Waals surface area contributed by atoms with Gasteiger partial charge in [0.25, 0.3) is 5.69 Å². The molecule has 0 atom stereocenters. The van der Waals surface area contributed by atoms with Gasteiger partial charge < -0.3 is 10.1 Å². The number of benzene rings is 2. The summed E-state index contributed by atoms with van der Waals surface area (Å²) >= 11 is 0. The van der Waals surface area contributed by atoms with Gasteiger partial charge in [-0.2, -0.15) is 0 Å². The number of carbonyl (C=O) groups is 1. The van der Waals surface area contributed by atoms with Gasteiger partial charge in [0.05, 0.1) is 22.8 Å². The average Bonchev–Trinajstić information content (AvgIpc) is 2.53. The summed E-state index contributed by atoms with van der Waals surface area (Å²) in [7, 11) is 0. The van der Waals surface area contributed by atoms with Crippen LogP contribution in [0.1, 0.15) is 24.0 Å². The molecule has 6 heteroatoms. The van der Waals surface area contributed by atoms with Crippen LogP contribution in [0.2, 0.25) is 0 Å². The first-order valence-electron chi connectivity index (χ1n) is 7.70. The van der Waals surface area contributed by atoms with Gasteiger partial charge in [-0.15, -0.1) is 0 Å². The smallest absolute Gasteiger partial charge is 0.274 e. The Bertz CT molecular complexity index is 744. The van der Waals surface area contributed by atoms with E-state index in [0.29, 0.717) is 24.3 Å². The maximum atomic E-state index is 12.0. The van der Waals surface area contributed by atoms with E-state index in [4.69, 9.17) is 4.74 Å². The quantitative estimate of drug-likeness (QED) is 0.473. The summed E-state index contributed by atoms with van der Waals surface area (Å²) in [5.41, 5.74) is 2.03. The second kappa shape index (κ2) is 8.10. The fraction of sp³-hybridized carbons (Fsp3) is 0.278. The lowest BCUT2D eigenvalue weighted by Gasteiger charge is -2.09. The van der Waals surface area contributed by atoms with Crippen LogP contribution in [-0.2, 0) is 4.79 Å². The number of nitro groups is 1. The van der Waals surface area contributed by atoms with Crippen LogP contribution >= 0.6 is 0 Å². The number of hydrogen-bond acceptors (Lipinski definition) is 4. The van der Waals surface area contributed by atoms with Gasteiger partial charge in [0.2, 0.25) is 5.91 Å². The molecule has 0 aromatic heterocycles. The van der Waals surface area contributed by atoms with Crippen molar-refractivity contribution in [2.45, 2.75) is 26.7 Å². The summed E-state index contributed by atoms with van der Waals surface area (Å²) < 4.78 is 5.59. The number of nitro benzene ring substituents is 1. The van der Waals surface area contributed by atoms with E-state index in [1.54, 1.807) is 19.1 Å². The van der Waals surface area contributed by atoms with Gasteiger partial charge in [0.1, 0.15) is 5.75 Å². The number of nitrogens with one attached hydrogen (secondary N) is 1. The van der Waals surface area contributed by atoms with Gasteiger partial charge >= 0.3 is 0 Å². The number of amides is 1. The van der Waals surface area contributed by atoms with Crippen LogP contribution in [0.5, 0.6) is 5.75 Å². The molecule has 1 N–H and O–H groups in total. The van der Waals surface area contributed by atoms with Crippen molar-refractivity contribution in [3.8, 4) is 5.75 Å². The first kappa shape index (κ1) is 17.5. The molecule has 1 amide bonds. The number of anilines is 1. The van der Waals surface area contributed by atoms with Gasteiger partial charge in [0, 0.05) is 12.5 Å². The fourth-order valence-corrected chi connectivity index (χ4v) is 2.30. The maximum absolute atomic E-state index is 12.0. The molecule has 0 aliphatic heterocycles. The molecule has 2 rings (SSSR count). The van der Waals surface area contributed by atoms with Crippen molar-refractivity contribution in [1.29, 1.82) is 0 Å². The van der Waals surface area contributed by atoms with E-state index in [9.17, 15) is 14.9 Å². The summed E-state index contributed by atoms with van der Waals surface area (Å²) in [6.45, 7) is 4.04. The highest BCUT2D eigenvalue weighted by Gasteiger charge is 2.14. The molecule has 0 radical (unpaired) electrons. The Hall–Kier alpha value is -2.89. The molecule has 0 fully saturated rings. The predicted molar refractivity (Wildman–Crippen MR) is 92.4 cm³/mol. The Labute approximate surface area is 140 Å². The fourth-order valence-electron chi connectivity index (χ4n) is 2.30. The highest BCUT2D eigenvalue weighted by atomic mass is 16.6. The highest BCUT2D eigenvalue weighted by Crippen LogP contribution is 2.25. The molecule has 2 aromatic rings. The maximum Gasteiger partial charge on any atom is 0.274 e. The van der Waals surface area contributed by atoms with E-state index in [-0.39, 0.29) is 18.0 Å². The van der Waals surface area contributed by atoms with Gasteiger partial charge in [-0.1, -0.05) is 18.2 Å². The second-order valence-corrected chi connectivity index (χ2v) is 5.52. The van der Waals surface area contributed by atoms with Crippen LogP contribution < -0.4 is 10.1 Å². The summed E-state index contributed by atoms with van der Waals surface area (Å²) in [5.74, 6) is 0.594. The molecule has 0 saturated heterocycles. The lowest BCUT2D eigenvalue weighted by atomic mass is 10.1. The van der Waals surface area contributed by atoms with Gasteiger partial charge in [0.15, 0.2) is 0 Å². The number of hydrogen-bond donors (Lipinski definition) is 1. The lowest BCUT2D eigenvalue weighted by Crippen LogP contribution is -2.14. The number of nitrogens with zero attached hydrogens (tertiary/aromatic N) is 1. The zero-order valence-corrected chi connectivity index (χ0v) is 13.7. The molecule has 0 bridgehead atoms. The molecule has 0 unspecified atom stereocenters. The average molecular weight is 328 g/mol. The summed E-state index contributed by atoms with van der Waals surface area (Å²) in [4.78, 5) is 22.4. The topological polar surface area (TPSA) is 81.5 Å². The lowest BCUT2D eigenvalue weighted by molar-refractivity contribution is -0.385. The summed E-state index contributed by atoms with van der Waals surface area (Å²) in [6.07, 6.45) is 0.849. The van der Waals surface area contributed by atoms with Crippen molar-refractivity contribution in [2.24, 2.45) is 0 Å². The van der Waals surface area contributed by atoms with Crippen molar-refractivity contribution >= 4 is 17.3 Å². The molecule has 0 aliphatic carbocycles. The van der Waals surface area contributed by atoms with Crippen molar-refractivity contribution < 1.29 is 14.5 Å². The molecule has 0 saturated carbocycles. The second-order valence-electron chi connectivity index (χ2n) is 5.52.